The number of benzene rings is 2. The van der Waals surface area contributed by atoms with Crippen LogP contribution in [-0.2, 0) is 15.8 Å². The van der Waals surface area contributed by atoms with Crippen LogP contribution < -0.4 is 14.8 Å². The van der Waals surface area contributed by atoms with Crippen molar-refractivity contribution in [3.8, 4) is 17.2 Å². The molecule has 0 radical (unpaired) electrons. The number of phenolic OH excluding ortho intramolecular Hbond substituents is 1. The van der Waals surface area contributed by atoms with Crippen molar-refractivity contribution in [2.45, 2.75) is 13.1 Å². The number of carbonyl (C=O) groups is 3. The Morgan fingerprint density at radius 1 is 1.18 bits per heavy atom. The molecule has 2 N–H and O–H groups in total. The molecular weight excluding hydrogens is 477 g/mol. The highest BCUT2D eigenvalue weighted by molar-refractivity contribution is 8.18. The van der Waals surface area contributed by atoms with Crippen LogP contribution in [-0.4, -0.2) is 47.3 Å². The van der Waals surface area contributed by atoms with Crippen molar-refractivity contribution >= 4 is 40.6 Å². The number of amides is 3. The maximum atomic E-state index is 13.0. The molecule has 180 valence electrons. The number of hydrogen-bond donors (Lipinski definition) is 2. The summed E-state index contributed by atoms with van der Waals surface area (Å²) in [4.78, 5) is 38.1. The first kappa shape index (κ1) is 25.0. The number of rotatable bonds is 7. The number of alkyl halides is 3. The van der Waals surface area contributed by atoms with Gasteiger partial charge in [0.05, 0.1) is 29.9 Å². The number of ether oxygens (including phenoxy) is 2. The number of anilines is 1. The van der Waals surface area contributed by atoms with E-state index < -0.39 is 35.3 Å². The standard InChI is InChI=1S/C22H19F3N2O6S/c1-3-33-17-8-12(4-6-15(17)28)9-18-20(30)27(21(31)34-18)11-19(29)26-14-10-13(22(23,24)25)5-7-16(14)32-2/h4-10,28H,3,11H2,1-2H3,(H,26,29)/b18-9-. The minimum atomic E-state index is -4.64. The fourth-order valence-electron chi connectivity index (χ4n) is 2.99. The summed E-state index contributed by atoms with van der Waals surface area (Å²) < 4.78 is 49.3. The normalized spacial score (nSPS) is 15.1. The molecule has 1 fully saturated rings. The number of halogens is 3. The zero-order valence-corrected chi connectivity index (χ0v) is 18.7. The minimum absolute atomic E-state index is 0.0205. The Morgan fingerprint density at radius 3 is 2.56 bits per heavy atom. The molecule has 3 rings (SSSR count). The molecule has 0 saturated carbocycles. The quantitative estimate of drug-likeness (QED) is 0.544. The summed E-state index contributed by atoms with van der Waals surface area (Å²) in [7, 11) is 1.22. The van der Waals surface area contributed by atoms with Crippen molar-refractivity contribution in [2.75, 3.05) is 25.6 Å². The average Bonchev–Trinajstić information content (AvgIpc) is 3.02. The predicted molar refractivity (Wildman–Crippen MR) is 119 cm³/mol. The molecule has 3 amide bonds. The summed E-state index contributed by atoms with van der Waals surface area (Å²) >= 11 is 0.604. The molecule has 0 atom stereocenters. The van der Waals surface area contributed by atoms with E-state index in [0.29, 0.717) is 34.9 Å². The fourth-order valence-corrected chi connectivity index (χ4v) is 3.83. The third kappa shape index (κ3) is 5.63. The lowest BCUT2D eigenvalue weighted by atomic mass is 10.1. The summed E-state index contributed by atoms with van der Waals surface area (Å²) in [6.07, 6.45) is -3.24. The zero-order chi connectivity index (χ0) is 25.0. The van der Waals surface area contributed by atoms with Crippen molar-refractivity contribution in [1.82, 2.24) is 4.90 Å². The number of imide groups is 1. The van der Waals surface area contributed by atoms with Crippen LogP contribution >= 0.6 is 11.8 Å². The van der Waals surface area contributed by atoms with Crippen LogP contribution in [0.5, 0.6) is 17.2 Å². The van der Waals surface area contributed by atoms with E-state index in [0.717, 1.165) is 12.1 Å². The van der Waals surface area contributed by atoms with Crippen LogP contribution in [0.3, 0.4) is 0 Å². The van der Waals surface area contributed by atoms with Crippen LogP contribution in [0.1, 0.15) is 18.1 Å². The lowest BCUT2D eigenvalue weighted by Gasteiger charge is -2.16. The van der Waals surface area contributed by atoms with Gasteiger partial charge in [-0.3, -0.25) is 19.3 Å². The Bertz CT molecular complexity index is 1170. The average molecular weight is 496 g/mol. The molecule has 0 aliphatic carbocycles. The molecular formula is C22H19F3N2O6S. The van der Waals surface area contributed by atoms with Gasteiger partial charge in [-0.1, -0.05) is 6.07 Å². The van der Waals surface area contributed by atoms with Gasteiger partial charge in [-0.05, 0) is 60.7 Å². The van der Waals surface area contributed by atoms with E-state index in [9.17, 15) is 32.7 Å². The molecule has 0 unspecified atom stereocenters. The molecule has 12 heteroatoms. The van der Waals surface area contributed by atoms with E-state index in [1.165, 1.54) is 31.4 Å². The van der Waals surface area contributed by atoms with E-state index >= 15 is 0 Å². The fraction of sp³-hybridized carbons (Fsp3) is 0.227. The highest BCUT2D eigenvalue weighted by atomic mass is 32.2. The van der Waals surface area contributed by atoms with Gasteiger partial charge in [0.1, 0.15) is 12.3 Å². The molecule has 8 nitrogen and oxygen atoms in total. The Morgan fingerprint density at radius 2 is 1.91 bits per heavy atom. The number of phenols is 1. The van der Waals surface area contributed by atoms with Gasteiger partial charge in [-0.2, -0.15) is 13.2 Å². The van der Waals surface area contributed by atoms with Crippen molar-refractivity contribution in [2.24, 2.45) is 0 Å². The van der Waals surface area contributed by atoms with Gasteiger partial charge in [0.2, 0.25) is 5.91 Å². The molecule has 34 heavy (non-hydrogen) atoms. The Kier molecular flexibility index (Phi) is 7.40. The first-order chi connectivity index (χ1) is 16.0. The summed E-state index contributed by atoms with van der Waals surface area (Å²) in [5.74, 6) is -1.54. The van der Waals surface area contributed by atoms with E-state index in [1.54, 1.807) is 6.92 Å². The second-order valence-corrected chi connectivity index (χ2v) is 7.88. The molecule has 0 bridgehead atoms. The van der Waals surface area contributed by atoms with Gasteiger partial charge in [0.15, 0.2) is 11.5 Å². The van der Waals surface area contributed by atoms with Crippen LogP contribution in [0.25, 0.3) is 6.08 Å². The number of carbonyl (C=O) groups excluding carboxylic acids is 3. The SMILES string of the molecule is CCOc1cc(/C=C2\SC(=O)N(CC(=O)Nc3cc(C(F)(F)F)ccc3OC)C2=O)ccc1O. The molecule has 1 saturated heterocycles. The highest BCUT2D eigenvalue weighted by Crippen LogP contribution is 2.36. The van der Waals surface area contributed by atoms with Gasteiger partial charge >= 0.3 is 6.18 Å². The zero-order valence-electron chi connectivity index (χ0n) is 17.9. The molecule has 1 heterocycles. The monoisotopic (exact) mass is 496 g/mol. The third-order valence-electron chi connectivity index (χ3n) is 4.56. The van der Waals surface area contributed by atoms with Crippen LogP contribution in [0.2, 0.25) is 0 Å². The first-order valence-corrected chi connectivity index (χ1v) is 10.6. The van der Waals surface area contributed by atoms with Gasteiger partial charge < -0.3 is 19.9 Å². The van der Waals surface area contributed by atoms with Gasteiger partial charge in [0.25, 0.3) is 11.1 Å². The van der Waals surface area contributed by atoms with Gasteiger partial charge in [-0.25, -0.2) is 0 Å². The summed E-state index contributed by atoms with van der Waals surface area (Å²) in [5, 5.41) is 11.3. The molecule has 2 aromatic carbocycles. The number of thioether (sulfide) groups is 1. The second kappa shape index (κ2) is 10.1. The van der Waals surface area contributed by atoms with E-state index in [-0.39, 0.29) is 27.8 Å². The first-order valence-electron chi connectivity index (χ1n) is 9.79. The molecule has 0 spiro atoms. The number of nitrogens with one attached hydrogen (secondary N) is 1. The number of aromatic hydroxyl groups is 1. The predicted octanol–water partition coefficient (Wildman–Crippen LogP) is 4.49. The summed E-state index contributed by atoms with van der Waals surface area (Å²) in [5.41, 5.74) is -0.777. The Labute approximate surface area is 196 Å². The maximum absolute atomic E-state index is 13.0. The number of hydrogen-bond acceptors (Lipinski definition) is 7. The van der Waals surface area contributed by atoms with E-state index in [1.807, 2.05) is 0 Å². The van der Waals surface area contributed by atoms with Crippen molar-refractivity contribution in [3.63, 3.8) is 0 Å². The summed E-state index contributed by atoms with van der Waals surface area (Å²) in [6, 6.07) is 6.92. The van der Waals surface area contributed by atoms with Crippen LogP contribution in [0, 0.1) is 0 Å². The summed E-state index contributed by atoms with van der Waals surface area (Å²) in [6.45, 7) is 1.33. The van der Waals surface area contributed by atoms with Crippen LogP contribution in [0.15, 0.2) is 41.3 Å². The van der Waals surface area contributed by atoms with E-state index in [2.05, 4.69) is 5.32 Å². The molecule has 1 aliphatic heterocycles. The van der Waals surface area contributed by atoms with Crippen molar-refractivity contribution < 1.29 is 42.1 Å². The molecule has 2 aromatic rings. The molecule has 1 aliphatic rings. The van der Waals surface area contributed by atoms with Gasteiger partial charge in [0, 0.05) is 0 Å². The maximum Gasteiger partial charge on any atom is 0.416 e. The van der Waals surface area contributed by atoms with Crippen LogP contribution in [0.4, 0.5) is 23.7 Å². The largest absolute Gasteiger partial charge is 0.504 e. The van der Waals surface area contributed by atoms with Gasteiger partial charge in [-0.15, -0.1) is 0 Å². The van der Waals surface area contributed by atoms with Crippen molar-refractivity contribution in [1.29, 1.82) is 0 Å². The third-order valence-corrected chi connectivity index (χ3v) is 5.47. The Hall–Kier alpha value is -3.67. The molecule has 0 aromatic heterocycles. The topological polar surface area (TPSA) is 105 Å². The lowest BCUT2D eigenvalue weighted by Crippen LogP contribution is -2.36. The van der Waals surface area contributed by atoms with E-state index in [4.69, 9.17) is 9.47 Å². The lowest BCUT2D eigenvalue weighted by molar-refractivity contribution is -0.137. The number of methoxy groups -OCH3 is 1. The number of nitrogens with zero attached hydrogens (tertiary/aromatic N) is 1. The smallest absolute Gasteiger partial charge is 0.416 e. The highest BCUT2D eigenvalue weighted by Gasteiger charge is 2.37. The second-order valence-electron chi connectivity index (χ2n) is 6.89. The minimum Gasteiger partial charge on any atom is -0.504 e. The Balaban J connectivity index is 1.75. The van der Waals surface area contributed by atoms with Crippen molar-refractivity contribution in [3.05, 3.63) is 52.4 Å².